The molecule has 0 aliphatic heterocycles. The Hall–Kier alpha value is -0.530. The van der Waals surface area contributed by atoms with Crippen LogP contribution in [-0.4, -0.2) is 11.7 Å². The average Bonchev–Trinajstić information content (AvgIpc) is 2.16. The fourth-order valence-corrected chi connectivity index (χ4v) is 1.67. The number of benzene rings is 1. The molecule has 0 aliphatic carbocycles. The van der Waals surface area contributed by atoms with Crippen molar-refractivity contribution in [1.29, 1.82) is 0 Å². The monoisotopic (exact) mass is 226 g/mol. The molecule has 0 heterocycles. The van der Waals surface area contributed by atoms with E-state index in [1.54, 1.807) is 0 Å². The van der Waals surface area contributed by atoms with Gasteiger partial charge in [-0.15, -0.1) is 0 Å². The molecule has 0 saturated carbocycles. The van der Waals surface area contributed by atoms with Gasteiger partial charge >= 0.3 is 0 Å². The summed E-state index contributed by atoms with van der Waals surface area (Å²) in [6.45, 7) is 8.44. The van der Waals surface area contributed by atoms with Crippen molar-refractivity contribution in [1.82, 2.24) is 0 Å². The van der Waals surface area contributed by atoms with Gasteiger partial charge < -0.3 is 5.11 Å². The van der Waals surface area contributed by atoms with Gasteiger partial charge in [0.05, 0.1) is 6.61 Å². The normalized spacial score (nSPS) is 12.2. The van der Waals surface area contributed by atoms with Crippen LogP contribution in [0.5, 0.6) is 0 Å². The molecule has 1 aromatic rings. The van der Waals surface area contributed by atoms with Crippen LogP contribution in [0.15, 0.2) is 18.2 Å². The Morgan fingerprint density at radius 3 is 2.33 bits per heavy atom. The number of hydrogen-bond donors (Lipinski definition) is 1. The molecule has 0 amide bonds. The first-order valence-corrected chi connectivity index (χ1v) is 5.66. The molecule has 2 heteroatoms. The number of aliphatic hydroxyl groups is 1. The Bertz CT molecular complexity index is 342. The molecule has 1 nitrogen and oxygen atoms in total. The molecule has 1 rings (SSSR count). The van der Waals surface area contributed by atoms with Gasteiger partial charge in [-0.1, -0.05) is 45.4 Å². The molecule has 84 valence electrons. The summed E-state index contributed by atoms with van der Waals surface area (Å²) in [5, 5.41) is 10.1. The van der Waals surface area contributed by atoms with Gasteiger partial charge in [-0.2, -0.15) is 0 Å². The third-order valence-corrected chi connectivity index (χ3v) is 2.98. The molecule has 0 bridgehead atoms. The third kappa shape index (κ3) is 2.96. The van der Waals surface area contributed by atoms with E-state index in [0.717, 1.165) is 10.6 Å². The highest BCUT2D eigenvalue weighted by Gasteiger charge is 2.20. The third-order valence-electron chi connectivity index (χ3n) is 2.76. The molecule has 1 aromatic carbocycles. The summed E-state index contributed by atoms with van der Waals surface area (Å²) in [4.78, 5) is 0. The summed E-state index contributed by atoms with van der Waals surface area (Å²) in [5.74, 6) is 0.456. The zero-order valence-electron chi connectivity index (χ0n) is 9.84. The van der Waals surface area contributed by atoms with Gasteiger partial charge in [0.15, 0.2) is 0 Å². The minimum Gasteiger partial charge on any atom is -0.395 e. The van der Waals surface area contributed by atoms with Crippen LogP contribution in [0.25, 0.3) is 0 Å². The number of aliphatic hydroxyl groups excluding tert-OH is 1. The Morgan fingerprint density at radius 2 is 1.87 bits per heavy atom. The first kappa shape index (κ1) is 12.5. The minimum atomic E-state index is -0.228. The molecule has 0 radical (unpaired) electrons. The summed E-state index contributed by atoms with van der Waals surface area (Å²) in [5.41, 5.74) is 2.09. The van der Waals surface area contributed by atoms with E-state index < -0.39 is 0 Å². The van der Waals surface area contributed by atoms with Crippen LogP contribution >= 0.6 is 11.6 Å². The first-order chi connectivity index (χ1) is 6.86. The highest BCUT2D eigenvalue weighted by Crippen LogP contribution is 2.29. The Labute approximate surface area is 97.1 Å². The van der Waals surface area contributed by atoms with E-state index in [1.807, 2.05) is 26.0 Å². The number of hydrogen-bond acceptors (Lipinski definition) is 1. The van der Waals surface area contributed by atoms with Crippen molar-refractivity contribution in [2.75, 3.05) is 6.61 Å². The first-order valence-electron chi connectivity index (χ1n) is 5.28. The fraction of sp³-hybridized carbons (Fsp3) is 0.538. The van der Waals surface area contributed by atoms with Gasteiger partial charge in [0.25, 0.3) is 0 Å². The van der Waals surface area contributed by atoms with Crippen LogP contribution in [-0.2, 0) is 5.41 Å². The fourth-order valence-electron chi connectivity index (χ4n) is 1.43. The smallest absolute Gasteiger partial charge is 0.0522 e. The van der Waals surface area contributed by atoms with Gasteiger partial charge in [0.1, 0.15) is 0 Å². The van der Waals surface area contributed by atoms with E-state index in [-0.39, 0.29) is 12.0 Å². The van der Waals surface area contributed by atoms with Gasteiger partial charge in [-0.25, -0.2) is 0 Å². The Morgan fingerprint density at radius 1 is 1.27 bits per heavy atom. The topological polar surface area (TPSA) is 20.2 Å². The Kier molecular flexibility index (Phi) is 3.80. The second-order valence-electron chi connectivity index (χ2n) is 4.97. The predicted octanol–water partition coefficient (Wildman–Crippen LogP) is 3.73. The molecule has 1 N–H and O–H groups in total. The van der Waals surface area contributed by atoms with Crippen molar-refractivity contribution in [2.45, 2.75) is 39.0 Å². The maximum Gasteiger partial charge on any atom is 0.0522 e. The van der Waals surface area contributed by atoms with Gasteiger partial charge in [-0.3, -0.25) is 0 Å². The lowest BCUT2D eigenvalue weighted by atomic mass is 9.84. The van der Waals surface area contributed by atoms with E-state index in [1.165, 1.54) is 5.56 Å². The predicted molar refractivity (Wildman–Crippen MR) is 65.7 cm³/mol. The van der Waals surface area contributed by atoms with Crippen LogP contribution in [0.4, 0.5) is 0 Å². The molecule has 0 atom stereocenters. The maximum atomic E-state index is 9.32. The van der Waals surface area contributed by atoms with Crippen LogP contribution in [0.3, 0.4) is 0 Å². The van der Waals surface area contributed by atoms with Crippen LogP contribution in [0.2, 0.25) is 5.02 Å². The van der Waals surface area contributed by atoms with Crippen LogP contribution in [0, 0.1) is 0 Å². The molecule has 0 aliphatic rings. The lowest BCUT2D eigenvalue weighted by Gasteiger charge is -2.24. The van der Waals surface area contributed by atoms with E-state index in [9.17, 15) is 5.11 Å². The van der Waals surface area contributed by atoms with Crippen molar-refractivity contribution in [3.63, 3.8) is 0 Å². The second-order valence-corrected chi connectivity index (χ2v) is 5.41. The molecule has 0 spiro atoms. The SMILES string of the molecule is CC(C)c1cc(Cl)cc(C(C)(C)CO)c1. The highest BCUT2D eigenvalue weighted by molar-refractivity contribution is 6.30. The van der Waals surface area contributed by atoms with Gasteiger partial charge in [-0.05, 0) is 29.2 Å². The molecular weight excluding hydrogens is 208 g/mol. The zero-order chi connectivity index (χ0) is 11.6. The van der Waals surface area contributed by atoms with Crippen molar-refractivity contribution < 1.29 is 5.11 Å². The molecule has 0 aromatic heterocycles. The lowest BCUT2D eigenvalue weighted by Crippen LogP contribution is -2.22. The van der Waals surface area contributed by atoms with Gasteiger partial charge in [0.2, 0.25) is 0 Å². The summed E-state index contributed by atoms with van der Waals surface area (Å²) in [6.07, 6.45) is 0. The lowest BCUT2D eigenvalue weighted by molar-refractivity contribution is 0.218. The molecule has 0 saturated heterocycles. The van der Waals surface area contributed by atoms with E-state index in [0.29, 0.717) is 5.92 Å². The Balaban J connectivity index is 3.20. The maximum absolute atomic E-state index is 9.32. The van der Waals surface area contributed by atoms with Gasteiger partial charge in [0, 0.05) is 10.4 Å². The molecule has 0 fully saturated rings. The average molecular weight is 227 g/mol. The molecule has 0 unspecified atom stereocenters. The van der Waals surface area contributed by atoms with E-state index >= 15 is 0 Å². The van der Waals surface area contributed by atoms with Crippen molar-refractivity contribution >= 4 is 11.6 Å². The molecule has 15 heavy (non-hydrogen) atoms. The number of halogens is 1. The van der Waals surface area contributed by atoms with E-state index in [4.69, 9.17) is 11.6 Å². The summed E-state index contributed by atoms with van der Waals surface area (Å²) in [6, 6.07) is 6.06. The minimum absolute atomic E-state index is 0.130. The molecular formula is C13H19ClO. The summed E-state index contributed by atoms with van der Waals surface area (Å²) in [7, 11) is 0. The van der Waals surface area contributed by atoms with Crippen molar-refractivity contribution in [2.24, 2.45) is 0 Å². The van der Waals surface area contributed by atoms with E-state index in [2.05, 4.69) is 19.9 Å². The van der Waals surface area contributed by atoms with Crippen LogP contribution < -0.4 is 0 Å². The standard InChI is InChI=1S/C13H19ClO/c1-9(2)10-5-11(7-12(14)6-10)13(3,4)8-15/h5-7,9,15H,8H2,1-4H3. The largest absolute Gasteiger partial charge is 0.395 e. The summed E-state index contributed by atoms with van der Waals surface area (Å²) < 4.78 is 0. The quantitative estimate of drug-likeness (QED) is 0.833. The highest BCUT2D eigenvalue weighted by atomic mass is 35.5. The zero-order valence-corrected chi connectivity index (χ0v) is 10.6. The number of rotatable bonds is 3. The second kappa shape index (κ2) is 4.54. The summed E-state index contributed by atoms with van der Waals surface area (Å²) >= 11 is 6.08. The van der Waals surface area contributed by atoms with Crippen LogP contribution in [0.1, 0.15) is 44.7 Å². The van der Waals surface area contributed by atoms with Crippen molar-refractivity contribution in [3.8, 4) is 0 Å². The van der Waals surface area contributed by atoms with Crippen molar-refractivity contribution in [3.05, 3.63) is 34.3 Å².